The van der Waals surface area contributed by atoms with Gasteiger partial charge in [0, 0.05) is 23.6 Å². The maximum atomic E-state index is 13.6. The molecular weight excluding hydrogens is 491 g/mol. The summed E-state index contributed by atoms with van der Waals surface area (Å²) in [6.07, 6.45) is -2.01. The highest BCUT2D eigenvalue weighted by Gasteiger charge is 2.47. The van der Waals surface area contributed by atoms with Crippen LogP contribution in [0.3, 0.4) is 0 Å². The van der Waals surface area contributed by atoms with Crippen molar-refractivity contribution in [3.8, 4) is 5.75 Å². The Morgan fingerprint density at radius 2 is 1.81 bits per heavy atom. The number of rotatable bonds is 11. The number of nitrogens with zero attached hydrogens (tertiary/aromatic N) is 1. The molecule has 1 aromatic rings. The second-order valence-corrected chi connectivity index (χ2v) is 9.84. The minimum Gasteiger partial charge on any atom is -0.496 e. The van der Waals surface area contributed by atoms with Gasteiger partial charge >= 0.3 is 24.0 Å². The summed E-state index contributed by atoms with van der Waals surface area (Å²) in [7, 11) is 1.38. The van der Waals surface area contributed by atoms with Gasteiger partial charge in [0.05, 0.1) is 25.0 Å². The molecule has 0 aliphatic carbocycles. The zero-order chi connectivity index (χ0) is 28.1. The Balaban J connectivity index is 2.49. The molecule has 0 N–H and O–H groups in total. The summed E-state index contributed by atoms with van der Waals surface area (Å²) in [6.45, 7) is 10.7. The van der Waals surface area contributed by atoms with E-state index in [4.69, 9.17) is 14.2 Å². The van der Waals surface area contributed by atoms with Crippen molar-refractivity contribution in [3.63, 3.8) is 0 Å². The van der Waals surface area contributed by atoms with E-state index in [9.17, 15) is 27.6 Å². The average molecular weight is 528 g/mol. The largest absolute Gasteiger partial charge is 0.496 e. The summed E-state index contributed by atoms with van der Waals surface area (Å²) >= 11 is 0. The fourth-order valence-corrected chi connectivity index (χ4v) is 4.18. The lowest BCUT2D eigenvalue weighted by molar-refractivity contribution is -0.170. The van der Waals surface area contributed by atoms with E-state index >= 15 is 0 Å². The normalized spacial score (nSPS) is 13.6. The maximum Gasteiger partial charge on any atom is 0.471 e. The molecule has 10 heteroatoms. The number of amides is 1. The van der Waals surface area contributed by atoms with Crippen LogP contribution in [0.25, 0.3) is 0 Å². The molecule has 1 amide bonds. The monoisotopic (exact) mass is 527 g/mol. The molecule has 0 atom stereocenters. The molecule has 0 radical (unpaired) electrons. The van der Waals surface area contributed by atoms with Gasteiger partial charge in [-0.05, 0) is 58.4 Å². The number of halogens is 3. The van der Waals surface area contributed by atoms with E-state index < -0.39 is 24.1 Å². The first-order chi connectivity index (χ1) is 17.2. The predicted octanol–water partition coefficient (Wildman–Crippen LogP) is 5.84. The minimum absolute atomic E-state index is 0.0561. The van der Waals surface area contributed by atoms with Crippen LogP contribution in [0.4, 0.5) is 18.9 Å². The number of esters is 2. The van der Waals surface area contributed by atoms with Crippen molar-refractivity contribution in [1.29, 1.82) is 0 Å². The van der Waals surface area contributed by atoms with Crippen molar-refractivity contribution >= 4 is 23.5 Å². The van der Waals surface area contributed by atoms with Crippen LogP contribution >= 0.6 is 0 Å². The third-order valence-electron chi connectivity index (χ3n) is 6.20. The van der Waals surface area contributed by atoms with E-state index in [-0.39, 0.29) is 48.0 Å². The van der Waals surface area contributed by atoms with Gasteiger partial charge < -0.3 is 19.1 Å². The second kappa shape index (κ2) is 12.5. The number of carbonyl (C=O) groups excluding carboxylic acids is 3. The predicted molar refractivity (Wildman–Crippen MR) is 133 cm³/mol. The van der Waals surface area contributed by atoms with Crippen molar-refractivity contribution in [3.05, 3.63) is 33.9 Å². The summed E-state index contributed by atoms with van der Waals surface area (Å²) in [4.78, 5) is 37.8. The molecule has 0 saturated heterocycles. The first-order valence-electron chi connectivity index (χ1n) is 12.3. The Labute approximate surface area is 215 Å². The Kier molecular flexibility index (Phi) is 10.2. The van der Waals surface area contributed by atoms with Crippen LogP contribution in [0.1, 0.15) is 80.9 Å². The standard InChI is InChI=1S/C27H36F3NO6/c1-15(2)12-13-36-21(32)11-9-17(5)8-10-19-23(31(16(3)4)26(34)27(28,29)30)22-20(14-37-25(22)33)18(6)24(19)35-7/h8,15-16H,9-14H2,1-7H3/b17-8+. The van der Waals surface area contributed by atoms with E-state index in [1.54, 1.807) is 19.9 Å². The van der Waals surface area contributed by atoms with Gasteiger partial charge in [0.25, 0.3) is 0 Å². The van der Waals surface area contributed by atoms with Crippen LogP contribution in [-0.4, -0.2) is 43.8 Å². The molecule has 0 saturated carbocycles. The van der Waals surface area contributed by atoms with Crippen molar-refractivity contribution in [2.24, 2.45) is 5.92 Å². The van der Waals surface area contributed by atoms with Crippen LogP contribution in [0.5, 0.6) is 5.75 Å². The number of fused-ring (bicyclic) bond motifs is 1. The highest BCUT2D eigenvalue weighted by atomic mass is 19.4. The zero-order valence-corrected chi connectivity index (χ0v) is 22.5. The quantitative estimate of drug-likeness (QED) is 0.266. The van der Waals surface area contributed by atoms with E-state index in [1.165, 1.54) is 21.0 Å². The number of alkyl halides is 3. The number of carbonyl (C=O) groups is 3. The fourth-order valence-electron chi connectivity index (χ4n) is 4.18. The summed E-state index contributed by atoms with van der Waals surface area (Å²) in [6, 6.07) is -0.913. The van der Waals surface area contributed by atoms with Gasteiger partial charge in [0.2, 0.25) is 0 Å². The molecule has 7 nitrogen and oxygen atoms in total. The number of anilines is 1. The number of methoxy groups -OCH3 is 1. The fraction of sp³-hybridized carbons (Fsp3) is 0.593. The summed E-state index contributed by atoms with van der Waals surface area (Å²) in [5.41, 5.74) is 1.81. The molecule has 1 aliphatic rings. The second-order valence-electron chi connectivity index (χ2n) is 9.84. The first kappa shape index (κ1) is 30.2. The summed E-state index contributed by atoms with van der Waals surface area (Å²) < 4.78 is 56.8. The number of allylic oxidation sites excluding steroid dienone is 2. The van der Waals surface area contributed by atoms with Crippen molar-refractivity contribution in [1.82, 2.24) is 0 Å². The van der Waals surface area contributed by atoms with Gasteiger partial charge in [-0.1, -0.05) is 25.5 Å². The Bertz CT molecular complexity index is 1060. The lowest BCUT2D eigenvalue weighted by Gasteiger charge is -2.32. The molecular formula is C27H36F3NO6. The van der Waals surface area contributed by atoms with E-state index in [0.717, 1.165) is 12.0 Å². The zero-order valence-electron chi connectivity index (χ0n) is 22.5. The number of cyclic esters (lactones) is 1. The summed E-state index contributed by atoms with van der Waals surface area (Å²) in [5.74, 6) is -2.50. The maximum absolute atomic E-state index is 13.6. The molecule has 0 aromatic heterocycles. The number of hydrogen-bond acceptors (Lipinski definition) is 6. The van der Waals surface area contributed by atoms with Crippen LogP contribution < -0.4 is 9.64 Å². The molecule has 206 valence electrons. The lowest BCUT2D eigenvalue weighted by atomic mass is 9.92. The van der Waals surface area contributed by atoms with Crippen LogP contribution in [0.2, 0.25) is 0 Å². The smallest absolute Gasteiger partial charge is 0.471 e. The Morgan fingerprint density at radius 1 is 1.16 bits per heavy atom. The minimum atomic E-state index is -5.16. The average Bonchev–Trinajstić information content (AvgIpc) is 3.18. The molecule has 0 spiro atoms. The van der Waals surface area contributed by atoms with Gasteiger partial charge in [0.15, 0.2) is 0 Å². The van der Waals surface area contributed by atoms with E-state index in [0.29, 0.717) is 35.0 Å². The molecule has 1 aliphatic heterocycles. The third-order valence-corrected chi connectivity index (χ3v) is 6.20. The van der Waals surface area contributed by atoms with Crippen LogP contribution in [-0.2, 0) is 32.1 Å². The SMILES string of the molecule is COc1c(C)c2c(c(N(C(=O)C(F)(F)F)C(C)C)c1C/C=C(\C)CCC(=O)OCCC(C)C)C(=O)OC2. The van der Waals surface area contributed by atoms with Crippen molar-refractivity contribution < 1.29 is 41.8 Å². The topological polar surface area (TPSA) is 82.1 Å². The van der Waals surface area contributed by atoms with Gasteiger partial charge in [-0.25, -0.2) is 4.79 Å². The molecule has 37 heavy (non-hydrogen) atoms. The molecule has 1 aromatic carbocycles. The Hall–Kier alpha value is -3.04. The van der Waals surface area contributed by atoms with Gasteiger partial charge in [0.1, 0.15) is 12.4 Å². The van der Waals surface area contributed by atoms with E-state index in [2.05, 4.69) is 0 Å². The van der Waals surface area contributed by atoms with Crippen LogP contribution in [0, 0.1) is 12.8 Å². The van der Waals surface area contributed by atoms with Gasteiger partial charge in [-0.3, -0.25) is 9.59 Å². The van der Waals surface area contributed by atoms with Gasteiger partial charge in [-0.2, -0.15) is 13.2 Å². The molecule has 1 heterocycles. The molecule has 0 bridgehead atoms. The van der Waals surface area contributed by atoms with Crippen LogP contribution in [0.15, 0.2) is 11.6 Å². The lowest BCUT2D eigenvalue weighted by Crippen LogP contribution is -2.46. The van der Waals surface area contributed by atoms with Crippen molar-refractivity contribution in [2.75, 3.05) is 18.6 Å². The van der Waals surface area contributed by atoms with Crippen molar-refractivity contribution in [2.45, 2.75) is 86.1 Å². The first-order valence-corrected chi connectivity index (χ1v) is 12.3. The van der Waals surface area contributed by atoms with E-state index in [1.807, 2.05) is 13.8 Å². The number of hydrogen-bond donors (Lipinski definition) is 0. The molecule has 0 fully saturated rings. The summed E-state index contributed by atoms with van der Waals surface area (Å²) in [5, 5.41) is 0. The molecule has 2 rings (SSSR count). The molecule has 0 unspecified atom stereocenters. The van der Waals surface area contributed by atoms with Gasteiger partial charge in [-0.15, -0.1) is 0 Å². The number of benzene rings is 1. The highest BCUT2D eigenvalue weighted by molar-refractivity contribution is 6.08. The highest BCUT2D eigenvalue weighted by Crippen LogP contribution is 2.44. The number of ether oxygens (including phenoxy) is 3. The third kappa shape index (κ3) is 7.26. The Morgan fingerprint density at radius 3 is 2.35 bits per heavy atom.